The number of hydrogen-bond acceptors (Lipinski definition) is 4. The zero-order chi connectivity index (χ0) is 15.4. The van der Waals surface area contributed by atoms with Gasteiger partial charge in [0.15, 0.2) is 0 Å². The first-order chi connectivity index (χ1) is 10.7. The molecule has 1 aromatic carbocycles. The highest BCUT2D eigenvalue weighted by Gasteiger charge is 2.23. The van der Waals surface area contributed by atoms with Gasteiger partial charge in [0.05, 0.1) is 11.9 Å². The van der Waals surface area contributed by atoms with Crippen LogP contribution in [0.25, 0.3) is 0 Å². The number of carbonyl (C=O) groups excluding carboxylic acids is 1. The van der Waals surface area contributed by atoms with Crippen LogP contribution in [0.2, 0.25) is 5.02 Å². The van der Waals surface area contributed by atoms with Crippen molar-refractivity contribution in [2.24, 2.45) is 0 Å². The summed E-state index contributed by atoms with van der Waals surface area (Å²) in [5.74, 6) is 0.579. The lowest BCUT2D eigenvalue weighted by Gasteiger charge is -2.11. The summed E-state index contributed by atoms with van der Waals surface area (Å²) >= 11 is 5.84. The maximum atomic E-state index is 11.9. The summed E-state index contributed by atoms with van der Waals surface area (Å²) in [6.07, 6.45) is 2.98. The zero-order valence-electron chi connectivity index (χ0n) is 11.9. The Morgan fingerprint density at radius 3 is 2.59 bits per heavy atom. The maximum absolute atomic E-state index is 11.9. The van der Waals surface area contributed by atoms with Gasteiger partial charge in [0.1, 0.15) is 11.9 Å². The third-order valence-electron chi connectivity index (χ3n) is 3.37. The summed E-state index contributed by atoms with van der Waals surface area (Å²) in [4.78, 5) is 16.2. The van der Waals surface area contributed by atoms with Crippen LogP contribution in [0.4, 0.5) is 17.2 Å². The first-order valence-corrected chi connectivity index (χ1v) is 7.49. The van der Waals surface area contributed by atoms with Crippen LogP contribution in [-0.4, -0.2) is 23.6 Å². The maximum Gasteiger partial charge on any atom is 0.253 e. The van der Waals surface area contributed by atoms with E-state index >= 15 is 0 Å². The molecule has 3 rings (SSSR count). The largest absolute Gasteiger partial charge is 0.368 e. The number of rotatable bonds is 4. The second-order valence-corrected chi connectivity index (χ2v) is 5.49. The molecule has 1 unspecified atom stereocenters. The zero-order valence-corrected chi connectivity index (χ0v) is 12.6. The van der Waals surface area contributed by atoms with E-state index in [1.54, 1.807) is 30.5 Å². The van der Waals surface area contributed by atoms with Crippen LogP contribution in [0, 0.1) is 0 Å². The van der Waals surface area contributed by atoms with E-state index in [4.69, 9.17) is 16.3 Å². The monoisotopic (exact) mass is 317 g/mol. The SMILES string of the molecule is O=C(Nc1ccc(Nc2ccc(Cl)cc2)nc1)C1CCCO1. The third kappa shape index (κ3) is 3.75. The summed E-state index contributed by atoms with van der Waals surface area (Å²) in [6.45, 7) is 0.653. The molecule has 2 heterocycles. The molecule has 0 spiro atoms. The van der Waals surface area contributed by atoms with Gasteiger partial charge in [-0.15, -0.1) is 0 Å². The molecule has 0 saturated carbocycles. The van der Waals surface area contributed by atoms with Gasteiger partial charge in [0.2, 0.25) is 0 Å². The number of anilines is 3. The van der Waals surface area contributed by atoms with E-state index in [9.17, 15) is 4.79 Å². The molecule has 6 heteroatoms. The number of amides is 1. The molecular formula is C16H16ClN3O2. The molecule has 1 amide bonds. The van der Waals surface area contributed by atoms with Gasteiger partial charge in [-0.1, -0.05) is 11.6 Å². The van der Waals surface area contributed by atoms with Crippen LogP contribution in [0.15, 0.2) is 42.6 Å². The molecule has 2 aromatic rings. The summed E-state index contributed by atoms with van der Waals surface area (Å²) < 4.78 is 5.34. The van der Waals surface area contributed by atoms with Crippen LogP contribution in [-0.2, 0) is 9.53 Å². The Bertz CT molecular complexity index is 637. The van der Waals surface area contributed by atoms with Gasteiger partial charge in [0.25, 0.3) is 5.91 Å². The van der Waals surface area contributed by atoms with Crippen molar-refractivity contribution in [3.05, 3.63) is 47.6 Å². The minimum absolute atomic E-state index is 0.113. The molecule has 1 aliphatic heterocycles. The van der Waals surface area contributed by atoms with Gasteiger partial charge >= 0.3 is 0 Å². The van der Waals surface area contributed by atoms with E-state index in [0.29, 0.717) is 23.1 Å². The van der Waals surface area contributed by atoms with Crippen molar-refractivity contribution in [2.75, 3.05) is 17.2 Å². The number of nitrogens with zero attached hydrogens (tertiary/aromatic N) is 1. The standard InChI is InChI=1S/C16H16ClN3O2/c17-11-3-5-12(6-4-11)19-15-8-7-13(10-18-15)20-16(21)14-2-1-9-22-14/h3-8,10,14H,1-2,9H2,(H,18,19)(H,20,21). The third-order valence-corrected chi connectivity index (χ3v) is 3.62. The van der Waals surface area contributed by atoms with Crippen molar-refractivity contribution in [3.63, 3.8) is 0 Å². The number of nitrogens with one attached hydrogen (secondary N) is 2. The van der Waals surface area contributed by atoms with Gasteiger partial charge in [-0.3, -0.25) is 4.79 Å². The summed E-state index contributed by atoms with van der Waals surface area (Å²) in [6, 6.07) is 11.0. The first-order valence-electron chi connectivity index (χ1n) is 7.12. The molecule has 1 aromatic heterocycles. The van der Waals surface area contributed by atoms with Crippen LogP contribution < -0.4 is 10.6 Å². The Morgan fingerprint density at radius 2 is 1.95 bits per heavy atom. The van der Waals surface area contributed by atoms with Crippen molar-refractivity contribution in [1.29, 1.82) is 0 Å². The van der Waals surface area contributed by atoms with Crippen molar-refractivity contribution >= 4 is 34.7 Å². The second kappa shape index (κ2) is 6.77. The molecule has 5 nitrogen and oxygen atoms in total. The molecular weight excluding hydrogens is 302 g/mol. The Balaban J connectivity index is 1.60. The lowest BCUT2D eigenvalue weighted by atomic mass is 10.2. The Hall–Kier alpha value is -2.11. The average molecular weight is 318 g/mol. The fourth-order valence-electron chi connectivity index (χ4n) is 2.23. The highest BCUT2D eigenvalue weighted by molar-refractivity contribution is 6.30. The lowest BCUT2D eigenvalue weighted by molar-refractivity contribution is -0.124. The molecule has 114 valence electrons. The molecule has 1 saturated heterocycles. The number of ether oxygens (including phenoxy) is 1. The van der Waals surface area contributed by atoms with Crippen molar-refractivity contribution < 1.29 is 9.53 Å². The summed E-state index contributed by atoms with van der Waals surface area (Å²) in [5.41, 5.74) is 1.55. The van der Waals surface area contributed by atoms with Crippen molar-refractivity contribution in [3.8, 4) is 0 Å². The Labute approximate surface area is 133 Å². The van der Waals surface area contributed by atoms with E-state index in [2.05, 4.69) is 15.6 Å². The fraction of sp³-hybridized carbons (Fsp3) is 0.250. The van der Waals surface area contributed by atoms with E-state index in [0.717, 1.165) is 18.5 Å². The Kier molecular flexibility index (Phi) is 4.56. The average Bonchev–Trinajstić information content (AvgIpc) is 3.06. The van der Waals surface area contributed by atoms with E-state index in [1.807, 2.05) is 12.1 Å². The highest BCUT2D eigenvalue weighted by atomic mass is 35.5. The van der Waals surface area contributed by atoms with E-state index in [-0.39, 0.29) is 12.0 Å². The highest BCUT2D eigenvalue weighted by Crippen LogP contribution is 2.19. The minimum Gasteiger partial charge on any atom is -0.368 e. The number of aromatic nitrogens is 1. The molecule has 0 bridgehead atoms. The molecule has 1 fully saturated rings. The smallest absolute Gasteiger partial charge is 0.253 e. The second-order valence-electron chi connectivity index (χ2n) is 5.05. The van der Waals surface area contributed by atoms with Crippen LogP contribution in [0.5, 0.6) is 0 Å². The normalized spacial score (nSPS) is 17.2. The number of halogens is 1. The summed E-state index contributed by atoms with van der Waals surface area (Å²) in [5, 5.41) is 6.66. The fourth-order valence-corrected chi connectivity index (χ4v) is 2.36. The van der Waals surface area contributed by atoms with Crippen LogP contribution in [0.3, 0.4) is 0 Å². The number of carbonyl (C=O) groups is 1. The van der Waals surface area contributed by atoms with Crippen LogP contribution in [0.1, 0.15) is 12.8 Å². The molecule has 1 atom stereocenters. The minimum atomic E-state index is -0.341. The number of benzene rings is 1. The van der Waals surface area contributed by atoms with Gasteiger partial charge in [0, 0.05) is 17.3 Å². The lowest BCUT2D eigenvalue weighted by Crippen LogP contribution is -2.26. The van der Waals surface area contributed by atoms with E-state index in [1.165, 1.54) is 0 Å². The van der Waals surface area contributed by atoms with E-state index < -0.39 is 0 Å². The first kappa shape index (κ1) is 14.8. The van der Waals surface area contributed by atoms with Gasteiger partial charge < -0.3 is 15.4 Å². The van der Waals surface area contributed by atoms with Crippen molar-refractivity contribution in [1.82, 2.24) is 4.98 Å². The molecule has 22 heavy (non-hydrogen) atoms. The predicted molar refractivity (Wildman–Crippen MR) is 86.6 cm³/mol. The number of hydrogen-bond donors (Lipinski definition) is 2. The van der Waals surface area contributed by atoms with Crippen molar-refractivity contribution in [2.45, 2.75) is 18.9 Å². The van der Waals surface area contributed by atoms with Gasteiger partial charge in [-0.2, -0.15) is 0 Å². The topological polar surface area (TPSA) is 63.2 Å². The Morgan fingerprint density at radius 1 is 1.18 bits per heavy atom. The van der Waals surface area contributed by atoms with Gasteiger partial charge in [-0.05, 0) is 49.2 Å². The summed E-state index contributed by atoms with van der Waals surface area (Å²) in [7, 11) is 0. The molecule has 1 aliphatic rings. The quantitative estimate of drug-likeness (QED) is 0.904. The molecule has 2 N–H and O–H groups in total. The molecule has 0 aliphatic carbocycles. The number of pyridine rings is 1. The molecule has 0 radical (unpaired) electrons. The predicted octanol–water partition coefficient (Wildman–Crippen LogP) is 3.60. The van der Waals surface area contributed by atoms with Crippen LogP contribution >= 0.6 is 11.6 Å². The van der Waals surface area contributed by atoms with Gasteiger partial charge in [-0.25, -0.2) is 4.98 Å².